The molecular weight excluding hydrogens is 334 g/mol. The lowest BCUT2D eigenvalue weighted by Gasteiger charge is -2.25. The Labute approximate surface area is 150 Å². The third-order valence-electron chi connectivity index (χ3n) is 5.22. The molecule has 0 spiro atoms. The maximum Gasteiger partial charge on any atom is 0.379 e. The molecule has 0 unspecified atom stereocenters. The van der Waals surface area contributed by atoms with Crippen LogP contribution < -0.4 is 9.64 Å². The summed E-state index contributed by atoms with van der Waals surface area (Å²) in [6.45, 7) is 2.11. The number of furan rings is 1. The number of carbonyl (C=O) groups is 3. The van der Waals surface area contributed by atoms with Gasteiger partial charge in [0.25, 0.3) is 0 Å². The number of para-hydroxylation sites is 2. The topological polar surface area (TPSA) is 76.8 Å². The van der Waals surface area contributed by atoms with Crippen molar-refractivity contribution in [1.29, 1.82) is 0 Å². The number of anilines is 1. The minimum Gasteiger partial charge on any atom is -0.457 e. The fourth-order valence-corrected chi connectivity index (χ4v) is 3.90. The van der Waals surface area contributed by atoms with Crippen LogP contribution in [0.15, 0.2) is 47.1 Å². The number of imide groups is 1. The summed E-state index contributed by atoms with van der Waals surface area (Å²) in [6, 6.07) is 9.68. The standard InChI is InChI=1S/C20H19NO5/c1-12-8-9-13-14(11-12)19(23)21(18(13)22)15-5-2-3-6-16(15)26-20(24)17-7-4-10-25-17/h2-7,10,12-14H,8-9,11H2,1H3/t12-,13-,14+/m0/s1. The van der Waals surface area contributed by atoms with Crippen molar-refractivity contribution in [2.45, 2.75) is 26.2 Å². The highest BCUT2D eigenvalue weighted by Crippen LogP contribution is 2.44. The molecule has 1 saturated carbocycles. The van der Waals surface area contributed by atoms with Gasteiger partial charge < -0.3 is 9.15 Å². The van der Waals surface area contributed by atoms with Crippen LogP contribution in [-0.4, -0.2) is 17.8 Å². The fourth-order valence-electron chi connectivity index (χ4n) is 3.90. The van der Waals surface area contributed by atoms with E-state index < -0.39 is 5.97 Å². The minimum atomic E-state index is -0.674. The Balaban J connectivity index is 1.65. The van der Waals surface area contributed by atoms with E-state index >= 15 is 0 Å². The smallest absolute Gasteiger partial charge is 0.379 e. The zero-order valence-electron chi connectivity index (χ0n) is 14.4. The molecule has 1 saturated heterocycles. The summed E-state index contributed by atoms with van der Waals surface area (Å²) in [5, 5.41) is 0. The predicted octanol–water partition coefficient (Wildman–Crippen LogP) is 3.42. The van der Waals surface area contributed by atoms with Crippen molar-refractivity contribution in [1.82, 2.24) is 0 Å². The van der Waals surface area contributed by atoms with E-state index in [2.05, 4.69) is 6.92 Å². The molecule has 1 aromatic carbocycles. The highest BCUT2D eigenvalue weighted by molar-refractivity contribution is 6.22. The lowest BCUT2D eigenvalue weighted by atomic mass is 9.76. The first-order valence-corrected chi connectivity index (χ1v) is 8.78. The average molecular weight is 353 g/mol. The first-order chi connectivity index (χ1) is 12.6. The summed E-state index contributed by atoms with van der Waals surface area (Å²) < 4.78 is 10.4. The highest BCUT2D eigenvalue weighted by Gasteiger charge is 2.50. The van der Waals surface area contributed by atoms with Gasteiger partial charge in [0.15, 0.2) is 5.75 Å². The van der Waals surface area contributed by atoms with Crippen LogP contribution in [0, 0.1) is 17.8 Å². The van der Waals surface area contributed by atoms with Crippen molar-refractivity contribution in [3.8, 4) is 5.75 Å². The quantitative estimate of drug-likeness (QED) is 0.480. The van der Waals surface area contributed by atoms with E-state index in [0.29, 0.717) is 11.6 Å². The van der Waals surface area contributed by atoms with Crippen molar-refractivity contribution >= 4 is 23.5 Å². The fraction of sp³-hybridized carbons (Fsp3) is 0.350. The molecule has 1 aliphatic heterocycles. The number of amides is 2. The summed E-state index contributed by atoms with van der Waals surface area (Å²) in [5.41, 5.74) is 0.310. The molecule has 2 aromatic rings. The van der Waals surface area contributed by atoms with Gasteiger partial charge in [-0.2, -0.15) is 0 Å². The number of ether oxygens (including phenoxy) is 1. The van der Waals surface area contributed by atoms with Gasteiger partial charge in [0.05, 0.1) is 23.8 Å². The van der Waals surface area contributed by atoms with Crippen LogP contribution in [0.1, 0.15) is 36.7 Å². The number of benzene rings is 1. The van der Waals surface area contributed by atoms with Gasteiger partial charge >= 0.3 is 5.97 Å². The number of hydrogen-bond donors (Lipinski definition) is 0. The lowest BCUT2D eigenvalue weighted by molar-refractivity contribution is -0.122. The van der Waals surface area contributed by atoms with Gasteiger partial charge in [-0.25, -0.2) is 9.69 Å². The van der Waals surface area contributed by atoms with Gasteiger partial charge in [-0.05, 0) is 49.4 Å². The van der Waals surface area contributed by atoms with Crippen molar-refractivity contribution in [3.63, 3.8) is 0 Å². The van der Waals surface area contributed by atoms with Gasteiger partial charge in [-0.15, -0.1) is 0 Å². The van der Waals surface area contributed by atoms with Crippen LogP contribution in [0.3, 0.4) is 0 Å². The summed E-state index contributed by atoms with van der Waals surface area (Å²) in [7, 11) is 0. The molecule has 0 bridgehead atoms. The third-order valence-corrected chi connectivity index (χ3v) is 5.22. The second-order valence-electron chi connectivity index (χ2n) is 6.98. The van der Waals surface area contributed by atoms with E-state index in [1.807, 2.05) is 0 Å². The SMILES string of the molecule is C[C@H]1CC[C@@H]2C(=O)N(c3ccccc3OC(=O)c3ccco3)C(=O)[C@@H]2C1. The Morgan fingerprint density at radius 2 is 1.85 bits per heavy atom. The van der Waals surface area contributed by atoms with E-state index in [1.54, 1.807) is 30.3 Å². The summed E-state index contributed by atoms with van der Waals surface area (Å²) in [6.07, 6.45) is 3.77. The Kier molecular flexibility index (Phi) is 4.11. The van der Waals surface area contributed by atoms with Gasteiger partial charge in [0, 0.05) is 0 Å². The number of fused-ring (bicyclic) bond motifs is 1. The maximum atomic E-state index is 12.9. The monoisotopic (exact) mass is 353 g/mol. The minimum absolute atomic E-state index is 0.0568. The molecule has 134 valence electrons. The normalized spacial score (nSPS) is 25.3. The highest BCUT2D eigenvalue weighted by atomic mass is 16.5. The average Bonchev–Trinajstić information content (AvgIpc) is 3.24. The molecule has 4 rings (SSSR count). The van der Waals surface area contributed by atoms with Crippen molar-refractivity contribution < 1.29 is 23.5 Å². The number of rotatable bonds is 3. The molecular formula is C20H19NO5. The van der Waals surface area contributed by atoms with E-state index in [0.717, 1.165) is 19.3 Å². The Hall–Kier alpha value is -2.89. The first-order valence-electron chi connectivity index (χ1n) is 8.78. The van der Waals surface area contributed by atoms with Crippen molar-refractivity contribution in [2.75, 3.05) is 4.90 Å². The van der Waals surface area contributed by atoms with Crippen molar-refractivity contribution in [3.05, 3.63) is 48.4 Å². The van der Waals surface area contributed by atoms with Gasteiger partial charge in [-0.3, -0.25) is 9.59 Å². The molecule has 1 aromatic heterocycles. The number of esters is 1. The van der Waals surface area contributed by atoms with Crippen LogP contribution in [-0.2, 0) is 9.59 Å². The number of carbonyl (C=O) groups excluding carboxylic acids is 3. The zero-order valence-corrected chi connectivity index (χ0v) is 14.4. The second-order valence-corrected chi connectivity index (χ2v) is 6.98. The zero-order chi connectivity index (χ0) is 18.3. The van der Waals surface area contributed by atoms with Gasteiger partial charge in [-0.1, -0.05) is 19.1 Å². The maximum absolute atomic E-state index is 12.9. The predicted molar refractivity (Wildman–Crippen MR) is 92.6 cm³/mol. The lowest BCUT2D eigenvalue weighted by Crippen LogP contribution is -2.31. The molecule has 3 atom stereocenters. The molecule has 6 heteroatoms. The molecule has 2 amide bonds. The molecule has 0 radical (unpaired) electrons. The van der Waals surface area contributed by atoms with Gasteiger partial charge in [0.2, 0.25) is 17.6 Å². The third kappa shape index (κ3) is 2.71. The van der Waals surface area contributed by atoms with Crippen molar-refractivity contribution in [2.24, 2.45) is 17.8 Å². The summed E-state index contributed by atoms with van der Waals surface area (Å²) in [4.78, 5) is 39.2. The van der Waals surface area contributed by atoms with E-state index in [4.69, 9.17) is 9.15 Å². The van der Waals surface area contributed by atoms with Crippen LogP contribution in [0.25, 0.3) is 0 Å². The Morgan fingerprint density at radius 3 is 2.62 bits per heavy atom. The molecule has 2 aliphatic rings. The van der Waals surface area contributed by atoms with Gasteiger partial charge in [0.1, 0.15) is 0 Å². The van der Waals surface area contributed by atoms with E-state index in [9.17, 15) is 14.4 Å². The second kappa shape index (κ2) is 6.44. The Morgan fingerprint density at radius 1 is 1.08 bits per heavy atom. The van der Waals surface area contributed by atoms with Crippen LogP contribution in [0.4, 0.5) is 5.69 Å². The summed E-state index contributed by atoms with van der Waals surface area (Å²) >= 11 is 0. The van der Waals surface area contributed by atoms with Crippen LogP contribution >= 0.6 is 0 Å². The van der Waals surface area contributed by atoms with Crippen LogP contribution in [0.2, 0.25) is 0 Å². The Bertz CT molecular complexity index is 857. The summed E-state index contributed by atoms with van der Waals surface area (Å²) in [5.74, 6) is -0.967. The van der Waals surface area contributed by atoms with E-state index in [-0.39, 0.29) is 35.2 Å². The molecule has 6 nitrogen and oxygen atoms in total. The molecule has 0 N–H and O–H groups in total. The molecule has 1 aliphatic carbocycles. The number of nitrogens with zero attached hydrogens (tertiary/aromatic N) is 1. The number of hydrogen-bond acceptors (Lipinski definition) is 5. The molecule has 2 heterocycles. The first kappa shape index (κ1) is 16.6. The van der Waals surface area contributed by atoms with Crippen LogP contribution in [0.5, 0.6) is 5.75 Å². The largest absolute Gasteiger partial charge is 0.457 e. The molecule has 26 heavy (non-hydrogen) atoms. The molecule has 2 fully saturated rings. The van der Waals surface area contributed by atoms with E-state index in [1.165, 1.54) is 17.2 Å².